The summed E-state index contributed by atoms with van der Waals surface area (Å²) in [6.45, 7) is -0.0580. The van der Waals surface area contributed by atoms with E-state index in [9.17, 15) is 4.79 Å². The summed E-state index contributed by atoms with van der Waals surface area (Å²) in [6.07, 6.45) is 5.93. The van der Waals surface area contributed by atoms with Gasteiger partial charge in [-0.15, -0.1) is 0 Å². The van der Waals surface area contributed by atoms with Crippen molar-refractivity contribution < 1.29 is 14.6 Å². The third kappa shape index (κ3) is 2.31. The van der Waals surface area contributed by atoms with Crippen molar-refractivity contribution >= 4 is 6.29 Å². The summed E-state index contributed by atoms with van der Waals surface area (Å²) in [5.41, 5.74) is 0.581. The first-order valence-corrected chi connectivity index (χ1v) is 4.54. The third-order valence-corrected chi connectivity index (χ3v) is 2.60. The fourth-order valence-electron chi connectivity index (χ4n) is 1.84. The fraction of sp³-hybridized carbons (Fsp3) is 0.700. The van der Waals surface area contributed by atoms with Crippen LogP contribution < -0.4 is 0 Å². The molecule has 0 heterocycles. The molecular weight excluding hydrogens is 168 g/mol. The molecule has 0 saturated heterocycles. The Morgan fingerprint density at radius 3 is 3.00 bits per heavy atom. The lowest BCUT2D eigenvalue weighted by atomic mass is 9.74. The lowest BCUT2D eigenvalue weighted by Gasteiger charge is -2.31. The molecule has 3 nitrogen and oxygen atoms in total. The van der Waals surface area contributed by atoms with Crippen molar-refractivity contribution in [1.29, 1.82) is 0 Å². The highest BCUT2D eigenvalue weighted by Crippen LogP contribution is 2.36. The molecule has 0 aliphatic heterocycles. The van der Waals surface area contributed by atoms with Crippen LogP contribution >= 0.6 is 0 Å². The van der Waals surface area contributed by atoms with Gasteiger partial charge >= 0.3 is 0 Å². The van der Waals surface area contributed by atoms with Gasteiger partial charge in [0.2, 0.25) is 0 Å². The van der Waals surface area contributed by atoms with Crippen LogP contribution in [-0.4, -0.2) is 25.1 Å². The first kappa shape index (κ1) is 10.3. The number of ether oxygens (including phenoxy) is 1. The Morgan fingerprint density at radius 2 is 2.46 bits per heavy atom. The van der Waals surface area contributed by atoms with Gasteiger partial charge in [0.15, 0.2) is 0 Å². The highest BCUT2D eigenvalue weighted by molar-refractivity contribution is 5.60. The monoisotopic (exact) mass is 184 g/mol. The van der Waals surface area contributed by atoms with Crippen molar-refractivity contribution in [3.63, 3.8) is 0 Å². The molecule has 1 aliphatic carbocycles. The van der Waals surface area contributed by atoms with Crippen LogP contribution in [0.3, 0.4) is 0 Å². The molecule has 74 valence electrons. The normalized spacial score (nSPS) is 31.7. The molecule has 1 saturated carbocycles. The molecule has 1 fully saturated rings. The van der Waals surface area contributed by atoms with Crippen LogP contribution in [0.25, 0.3) is 0 Å². The lowest BCUT2D eigenvalue weighted by molar-refractivity contribution is -0.119. The van der Waals surface area contributed by atoms with Gasteiger partial charge in [-0.3, -0.25) is 0 Å². The number of aliphatic hydroxyl groups is 1. The molecule has 0 amide bonds. The number of aldehydes is 1. The first-order chi connectivity index (χ1) is 6.26. The summed E-state index contributed by atoms with van der Waals surface area (Å²) < 4.78 is 4.90. The molecule has 13 heavy (non-hydrogen) atoms. The van der Waals surface area contributed by atoms with Crippen LogP contribution in [0.1, 0.15) is 25.7 Å². The Morgan fingerprint density at radius 1 is 1.69 bits per heavy atom. The Kier molecular flexibility index (Phi) is 3.48. The molecule has 0 aromatic rings. The summed E-state index contributed by atoms with van der Waals surface area (Å²) >= 11 is 0. The number of hydrogen-bond donors (Lipinski definition) is 1. The summed E-state index contributed by atoms with van der Waals surface area (Å²) in [5, 5.41) is 9.13. The number of methoxy groups -OCH3 is 1. The van der Waals surface area contributed by atoms with E-state index in [4.69, 9.17) is 9.84 Å². The Bertz CT molecular complexity index is 210. The molecule has 0 bridgehead atoms. The maximum atomic E-state index is 10.8. The van der Waals surface area contributed by atoms with Gasteiger partial charge < -0.3 is 14.6 Å². The minimum absolute atomic E-state index is 0.0580. The Labute approximate surface area is 78.4 Å². The molecule has 1 atom stereocenters. The molecule has 1 rings (SSSR count). The number of carbonyl (C=O) groups is 1. The molecule has 1 aliphatic rings. The molecule has 0 spiro atoms. The van der Waals surface area contributed by atoms with E-state index in [2.05, 4.69) is 0 Å². The van der Waals surface area contributed by atoms with E-state index < -0.39 is 5.41 Å². The SMILES string of the molecule is CO/C=C1/CCCC(C=O)(CO)C1. The van der Waals surface area contributed by atoms with Gasteiger partial charge in [-0.1, -0.05) is 0 Å². The summed E-state index contributed by atoms with van der Waals surface area (Å²) in [4.78, 5) is 10.8. The second-order valence-electron chi connectivity index (χ2n) is 3.68. The molecule has 3 heteroatoms. The van der Waals surface area contributed by atoms with Crippen LogP contribution in [0.5, 0.6) is 0 Å². The minimum atomic E-state index is -0.539. The van der Waals surface area contributed by atoms with E-state index >= 15 is 0 Å². The number of aliphatic hydroxyl groups excluding tert-OH is 1. The number of carbonyl (C=O) groups excluding carboxylic acids is 1. The summed E-state index contributed by atoms with van der Waals surface area (Å²) in [7, 11) is 1.60. The maximum Gasteiger partial charge on any atom is 0.128 e. The second kappa shape index (κ2) is 4.42. The van der Waals surface area contributed by atoms with E-state index in [1.807, 2.05) is 0 Å². The van der Waals surface area contributed by atoms with Gasteiger partial charge in [-0.25, -0.2) is 0 Å². The van der Waals surface area contributed by atoms with Crippen molar-refractivity contribution in [1.82, 2.24) is 0 Å². The molecule has 0 radical (unpaired) electrons. The predicted molar refractivity (Wildman–Crippen MR) is 49.1 cm³/mol. The van der Waals surface area contributed by atoms with Crippen molar-refractivity contribution in [3.8, 4) is 0 Å². The first-order valence-electron chi connectivity index (χ1n) is 4.54. The fourth-order valence-corrected chi connectivity index (χ4v) is 1.84. The standard InChI is InChI=1S/C10H16O3/c1-13-6-9-3-2-4-10(5-9,7-11)8-12/h6-7,12H,2-5,8H2,1H3/b9-6-. The van der Waals surface area contributed by atoms with E-state index in [0.717, 1.165) is 31.1 Å². The van der Waals surface area contributed by atoms with Crippen LogP contribution in [-0.2, 0) is 9.53 Å². The number of allylic oxidation sites excluding steroid dienone is 1. The maximum absolute atomic E-state index is 10.8. The van der Waals surface area contributed by atoms with Crippen molar-refractivity contribution in [3.05, 3.63) is 11.8 Å². The topological polar surface area (TPSA) is 46.5 Å². The number of rotatable bonds is 3. The van der Waals surface area contributed by atoms with Gasteiger partial charge in [-0.05, 0) is 31.3 Å². The van der Waals surface area contributed by atoms with Gasteiger partial charge in [0.1, 0.15) is 6.29 Å². The minimum Gasteiger partial charge on any atom is -0.504 e. The highest BCUT2D eigenvalue weighted by Gasteiger charge is 2.33. The van der Waals surface area contributed by atoms with Crippen molar-refractivity contribution in [2.24, 2.45) is 5.41 Å². The second-order valence-corrected chi connectivity index (χ2v) is 3.68. The van der Waals surface area contributed by atoms with Gasteiger partial charge in [-0.2, -0.15) is 0 Å². The molecule has 0 aromatic carbocycles. The predicted octanol–water partition coefficient (Wildman–Crippen LogP) is 1.27. The zero-order valence-electron chi connectivity index (χ0n) is 7.95. The van der Waals surface area contributed by atoms with Crippen molar-refractivity contribution in [2.45, 2.75) is 25.7 Å². The molecule has 0 aromatic heterocycles. The van der Waals surface area contributed by atoms with Crippen LogP contribution in [0.4, 0.5) is 0 Å². The highest BCUT2D eigenvalue weighted by atomic mass is 16.5. The quantitative estimate of drug-likeness (QED) is 0.530. The smallest absolute Gasteiger partial charge is 0.128 e. The summed E-state index contributed by atoms with van der Waals surface area (Å²) in [6, 6.07) is 0. The Balaban J connectivity index is 2.69. The van der Waals surface area contributed by atoms with E-state index in [1.54, 1.807) is 13.4 Å². The molecule has 1 unspecified atom stereocenters. The summed E-state index contributed by atoms with van der Waals surface area (Å²) in [5.74, 6) is 0. The van der Waals surface area contributed by atoms with E-state index in [0.29, 0.717) is 6.42 Å². The number of hydrogen-bond acceptors (Lipinski definition) is 3. The van der Waals surface area contributed by atoms with E-state index in [-0.39, 0.29) is 6.61 Å². The largest absolute Gasteiger partial charge is 0.504 e. The average molecular weight is 184 g/mol. The third-order valence-electron chi connectivity index (χ3n) is 2.60. The van der Waals surface area contributed by atoms with Gasteiger partial charge in [0.05, 0.1) is 25.4 Å². The van der Waals surface area contributed by atoms with Crippen LogP contribution in [0.15, 0.2) is 11.8 Å². The zero-order valence-corrected chi connectivity index (χ0v) is 7.95. The van der Waals surface area contributed by atoms with E-state index in [1.165, 1.54) is 0 Å². The van der Waals surface area contributed by atoms with Crippen LogP contribution in [0.2, 0.25) is 0 Å². The Hall–Kier alpha value is -0.830. The molecule has 1 N–H and O–H groups in total. The lowest BCUT2D eigenvalue weighted by Crippen LogP contribution is -2.30. The zero-order chi connectivity index (χ0) is 9.73. The van der Waals surface area contributed by atoms with Gasteiger partial charge in [0.25, 0.3) is 0 Å². The molecular formula is C10H16O3. The average Bonchev–Trinajstić information content (AvgIpc) is 2.19. The van der Waals surface area contributed by atoms with Gasteiger partial charge in [0, 0.05) is 0 Å². The van der Waals surface area contributed by atoms with Crippen molar-refractivity contribution in [2.75, 3.05) is 13.7 Å². The van der Waals surface area contributed by atoms with Crippen LogP contribution in [0, 0.1) is 5.41 Å².